The van der Waals surface area contributed by atoms with Gasteiger partial charge in [-0.25, -0.2) is 13.6 Å². The van der Waals surface area contributed by atoms with Crippen LogP contribution in [0.5, 0.6) is 5.88 Å². The third-order valence-corrected chi connectivity index (χ3v) is 9.01. The van der Waals surface area contributed by atoms with Gasteiger partial charge in [0.05, 0.1) is 4.90 Å². The van der Waals surface area contributed by atoms with Crippen LogP contribution in [0.2, 0.25) is 5.02 Å². The fraction of sp³-hybridized carbons (Fsp3) is 0.370. The molecule has 0 radical (unpaired) electrons. The first kappa shape index (κ1) is 30.8. The number of aromatic nitrogens is 2. The smallest absolute Gasteiger partial charge is 0.429 e. The number of hydrogen-bond donors (Lipinski definition) is 4. The van der Waals surface area contributed by atoms with Crippen LogP contribution < -0.4 is 25.8 Å². The molecule has 2 saturated heterocycles. The average Bonchev–Trinajstić information content (AvgIpc) is 3.35. The zero-order valence-electron chi connectivity index (χ0n) is 22.5. The summed E-state index contributed by atoms with van der Waals surface area (Å²) in [5.41, 5.74) is 5.72. The number of hydrogen-bond acceptors (Lipinski definition) is 9. The zero-order valence-corrected chi connectivity index (χ0v) is 24.1. The number of rotatable bonds is 7. The van der Waals surface area contributed by atoms with Crippen LogP contribution in [0.25, 0.3) is 11.1 Å². The topological polar surface area (TPSA) is 174 Å². The molecule has 2 aromatic carbocycles. The van der Waals surface area contributed by atoms with E-state index < -0.39 is 40.2 Å². The summed E-state index contributed by atoms with van der Waals surface area (Å²) in [6, 6.07) is 9.49. The lowest BCUT2D eigenvalue weighted by Crippen LogP contribution is -2.41. The summed E-state index contributed by atoms with van der Waals surface area (Å²) in [5, 5.41) is 17.7. The number of nitrogen functional groups attached to an aromatic ring is 1. The summed E-state index contributed by atoms with van der Waals surface area (Å²) >= 11 is 6.13. The third-order valence-electron chi connectivity index (χ3n) is 7.84. The highest BCUT2D eigenvalue weighted by atomic mass is 35.5. The molecule has 3 aromatic rings. The number of nitrogens with two attached hydrogens (primary N) is 2. The Bertz CT molecular complexity index is 1630. The van der Waals surface area contributed by atoms with Crippen LogP contribution in [-0.4, -0.2) is 61.3 Å². The SMILES string of the molecule is Nc1nc(O[C@H](c2ccc(Cl)cc2-c2ccc(S(N)(=O)=O)cc2)C(F)(F)F)cc(N2CCC3(CC2)CNC(C(=O)O)C3)n1. The van der Waals surface area contributed by atoms with Gasteiger partial charge < -0.3 is 25.8 Å². The van der Waals surface area contributed by atoms with Crippen LogP contribution in [0.4, 0.5) is 24.9 Å². The summed E-state index contributed by atoms with van der Waals surface area (Å²) in [7, 11) is -4.02. The van der Waals surface area contributed by atoms with Crippen molar-refractivity contribution in [3.05, 3.63) is 59.1 Å². The van der Waals surface area contributed by atoms with E-state index in [9.17, 15) is 31.5 Å². The number of anilines is 2. The molecule has 230 valence electrons. The first-order chi connectivity index (χ1) is 20.1. The lowest BCUT2D eigenvalue weighted by Gasteiger charge is -2.39. The molecule has 1 unspecified atom stereocenters. The monoisotopic (exact) mass is 640 g/mol. The van der Waals surface area contributed by atoms with E-state index in [4.69, 9.17) is 27.2 Å². The van der Waals surface area contributed by atoms with Gasteiger partial charge in [-0.1, -0.05) is 29.8 Å². The number of ether oxygens (including phenoxy) is 1. The van der Waals surface area contributed by atoms with Crippen molar-refractivity contribution in [2.45, 2.75) is 42.5 Å². The number of piperidine rings is 1. The molecule has 5 rings (SSSR count). The average molecular weight is 641 g/mol. The first-order valence-electron chi connectivity index (χ1n) is 13.2. The second-order valence-electron chi connectivity index (χ2n) is 10.7. The number of nitrogens with one attached hydrogen (secondary N) is 1. The van der Waals surface area contributed by atoms with E-state index in [1.807, 2.05) is 4.90 Å². The minimum Gasteiger partial charge on any atom is -0.480 e. The van der Waals surface area contributed by atoms with Crippen LogP contribution in [0.15, 0.2) is 53.4 Å². The van der Waals surface area contributed by atoms with E-state index in [0.29, 0.717) is 38.9 Å². The predicted molar refractivity (Wildman–Crippen MR) is 152 cm³/mol. The van der Waals surface area contributed by atoms with Gasteiger partial charge in [0.15, 0.2) is 0 Å². The maximum atomic E-state index is 14.5. The molecule has 2 aliphatic rings. The van der Waals surface area contributed by atoms with E-state index >= 15 is 0 Å². The molecule has 2 fully saturated rings. The largest absolute Gasteiger partial charge is 0.480 e. The second kappa shape index (κ2) is 11.4. The van der Waals surface area contributed by atoms with Gasteiger partial charge in [0.2, 0.25) is 28.0 Å². The van der Waals surface area contributed by atoms with Crippen molar-refractivity contribution >= 4 is 39.4 Å². The van der Waals surface area contributed by atoms with Gasteiger partial charge in [-0.2, -0.15) is 23.1 Å². The van der Waals surface area contributed by atoms with Gasteiger partial charge in [-0.15, -0.1) is 0 Å². The molecule has 0 amide bonds. The molecule has 2 aliphatic heterocycles. The number of aliphatic carboxylic acids is 1. The molecule has 0 aliphatic carbocycles. The Hall–Kier alpha value is -3.66. The van der Waals surface area contributed by atoms with E-state index in [2.05, 4.69) is 15.3 Å². The molecule has 2 atom stereocenters. The molecule has 1 aromatic heterocycles. The molecule has 1 spiro atoms. The second-order valence-corrected chi connectivity index (χ2v) is 12.7. The highest BCUT2D eigenvalue weighted by molar-refractivity contribution is 7.89. The zero-order chi connectivity index (χ0) is 31.2. The van der Waals surface area contributed by atoms with Crippen LogP contribution in [0.3, 0.4) is 0 Å². The van der Waals surface area contributed by atoms with Crippen molar-refractivity contribution in [3.63, 3.8) is 0 Å². The molecule has 6 N–H and O–H groups in total. The Kier molecular flexibility index (Phi) is 8.19. The Balaban J connectivity index is 1.42. The number of carboxylic acids is 1. The maximum absolute atomic E-state index is 14.5. The number of primary sulfonamides is 1. The quantitative estimate of drug-likeness (QED) is 0.298. The highest BCUT2D eigenvalue weighted by Gasteiger charge is 2.46. The number of carboxylic acid groups (broad SMARTS) is 1. The Labute approximate surface area is 250 Å². The lowest BCUT2D eigenvalue weighted by atomic mass is 9.76. The van der Waals surface area contributed by atoms with Crippen molar-refractivity contribution in [1.29, 1.82) is 0 Å². The number of benzene rings is 2. The van der Waals surface area contributed by atoms with E-state index in [-0.39, 0.29) is 43.8 Å². The van der Waals surface area contributed by atoms with Gasteiger partial charge in [0.25, 0.3) is 0 Å². The van der Waals surface area contributed by atoms with Crippen molar-refractivity contribution in [3.8, 4) is 17.0 Å². The number of halogens is 4. The van der Waals surface area contributed by atoms with E-state index in [0.717, 1.165) is 0 Å². The Morgan fingerprint density at radius 1 is 1.14 bits per heavy atom. The molecule has 11 nitrogen and oxygen atoms in total. The molecule has 0 saturated carbocycles. The van der Waals surface area contributed by atoms with Crippen molar-refractivity contribution in [1.82, 2.24) is 15.3 Å². The number of nitrogens with zero attached hydrogens (tertiary/aromatic N) is 3. The Morgan fingerprint density at radius 3 is 2.40 bits per heavy atom. The van der Waals surface area contributed by atoms with Crippen LogP contribution in [0.1, 0.15) is 30.9 Å². The molecular formula is C27H28ClF3N6O5S. The van der Waals surface area contributed by atoms with Gasteiger partial charge in [0, 0.05) is 36.3 Å². The maximum Gasteiger partial charge on any atom is 0.429 e. The molecular weight excluding hydrogens is 613 g/mol. The lowest BCUT2D eigenvalue weighted by molar-refractivity contribution is -0.198. The summed E-state index contributed by atoms with van der Waals surface area (Å²) in [6.07, 6.45) is -5.59. The van der Waals surface area contributed by atoms with E-state index in [1.54, 1.807) is 0 Å². The minimum absolute atomic E-state index is 0.0595. The van der Waals surface area contributed by atoms with Crippen LogP contribution in [-0.2, 0) is 14.8 Å². The minimum atomic E-state index is -4.91. The third kappa shape index (κ3) is 6.79. The summed E-state index contributed by atoms with van der Waals surface area (Å²) in [4.78, 5) is 21.1. The number of alkyl halides is 3. The van der Waals surface area contributed by atoms with Crippen molar-refractivity contribution < 1.29 is 36.2 Å². The van der Waals surface area contributed by atoms with Gasteiger partial charge in [-0.3, -0.25) is 4.79 Å². The molecule has 0 bridgehead atoms. The fourth-order valence-corrected chi connectivity index (χ4v) is 6.28. The fourth-order valence-electron chi connectivity index (χ4n) is 5.59. The summed E-state index contributed by atoms with van der Waals surface area (Å²) in [5.74, 6) is -1.29. The van der Waals surface area contributed by atoms with Gasteiger partial charge in [-0.05, 0) is 60.1 Å². The van der Waals surface area contributed by atoms with Crippen LogP contribution >= 0.6 is 11.6 Å². The number of sulfonamides is 1. The highest BCUT2D eigenvalue weighted by Crippen LogP contribution is 2.43. The molecule has 43 heavy (non-hydrogen) atoms. The van der Waals surface area contributed by atoms with Gasteiger partial charge >= 0.3 is 12.1 Å². The first-order valence-corrected chi connectivity index (χ1v) is 15.1. The molecule has 16 heteroatoms. The molecule has 3 heterocycles. The van der Waals surface area contributed by atoms with Crippen LogP contribution in [0, 0.1) is 5.41 Å². The van der Waals surface area contributed by atoms with Crippen molar-refractivity contribution in [2.24, 2.45) is 10.6 Å². The normalized spacial score (nSPS) is 19.4. The number of carbonyl (C=O) groups is 1. The predicted octanol–water partition coefficient (Wildman–Crippen LogP) is 3.74. The summed E-state index contributed by atoms with van der Waals surface area (Å²) in [6.45, 7) is 1.55. The van der Waals surface area contributed by atoms with Crippen molar-refractivity contribution in [2.75, 3.05) is 30.3 Å². The van der Waals surface area contributed by atoms with E-state index in [1.165, 1.54) is 48.5 Å². The standard InChI is InChI=1S/C27H28ClF3N6O5S/c28-16-3-6-18(19(11-16)15-1-4-17(5-2-15)43(33,40)41)23(27(29,30)31)42-22-12-21(35-25(32)36-22)37-9-7-26(8-10-37)13-20(24(38)39)34-14-26/h1-6,11-12,20,23,34H,7-10,13-14H2,(H,38,39)(H2,32,35,36)(H2,33,40,41)/t20?,23-/m1/s1. The van der Waals surface area contributed by atoms with Gasteiger partial charge in [0.1, 0.15) is 11.9 Å². The Morgan fingerprint density at radius 2 is 1.81 bits per heavy atom. The summed E-state index contributed by atoms with van der Waals surface area (Å²) < 4.78 is 72.4.